The van der Waals surface area contributed by atoms with Crippen LogP contribution < -0.4 is 15.5 Å². The standard InChI is InChI=1S/C24H31N3O2/c1-18(2)16-23(28)26-20-10-11-22(27-14-6-7-15-27)21(17-20)24(29)25-13-12-19-8-4-3-5-9-19/h3-5,8-11,17-18H,6-7,12-16H2,1-2H3,(H,25,29)(H,26,28). The summed E-state index contributed by atoms with van der Waals surface area (Å²) in [5, 5.41) is 5.98. The van der Waals surface area contributed by atoms with Gasteiger partial charge in [-0.1, -0.05) is 44.2 Å². The molecule has 0 aromatic heterocycles. The van der Waals surface area contributed by atoms with Crippen molar-refractivity contribution in [3.05, 3.63) is 59.7 Å². The van der Waals surface area contributed by atoms with E-state index in [1.165, 1.54) is 5.56 Å². The monoisotopic (exact) mass is 393 g/mol. The van der Waals surface area contributed by atoms with Crippen molar-refractivity contribution in [1.82, 2.24) is 5.32 Å². The summed E-state index contributed by atoms with van der Waals surface area (Å²) in [4.78, 5) is 27.4. The number of rotatable bonds is 8. The number of hydrogen-bond donors (Lipinski definition) is 2. The molecule has 0 atom stereocenters. The molecule has 2 amide bonds. The molecule has 5 heteroatoms. The van der Waals surface area contributed by atoms with Crippen molar-refractivity contribution in [2.75, 3.05) is 29.9 Å². The van der Waals surface area contributed by atoms with E-state index >= 15 is 0 Å². The lowest BCUT2D eigenvalue weighted by molar-refractivity contribution is -0.116. The molecule has 2 N–H and O–H groups in total. The molecule has 1 heterocycles. The molecule has 0 bridgehead atoms. The molecule has 154 valence electrons. The van der Waals surface area contributed by atoms with Crippen LogP contribution in [0.3, 0.4) is 0 Å². The van der Waals surface area contributed by atoms with Crippen molar-refractivity contribution >= 4 is 23.2 Å². The zero-order valence-corrected chi connectivity index (χ0v) is 17.4. The minimum absolute atomic E-state index is 0.0237. The average Bonchev–Trinajstić information content (AvgIpc) is 3.22. The molecule has 1 saturated heterocycles. The van der Waals surface area contributed by atoms with Gasteiger partial charge in [0.1, 0.15) is 0 Å². The molecule has 1 aliphatic rings. The SMILES string of the molecule is CC(C)CC(=O)Nc1ccc(N2CCCC2)c(C(=O)NCCc2ccccc2)c1. The summed E-state index contributed by atoms with van der Waals surface area (Å²) in [6, 6.07) is 15.8. The molecule has 29 heavy (non-hydrogen) atoms. The summed E-state index contributed by atoms with van der Waals surface area (Å²) in [6.07, 6.45) is 3.53. The smallest absolute Gasteiger partial charge is 0.253 e. The quantitative estimate of drug-likeness (QED) is 0.705. The van der Waals surface area contributed by atoms with Gasteiger partial charge in [0.25, 0.3) is 5.91 Å². The molecule has 0 unspecified atom stereocenters. The van der Waals surface area contributed by atoms with Crippen LogP contribution in [0.25, 0.3) is 0 Å². The van der Waals surface area contributed by atoms with E-state index in [2.05, 4.69) is 27.7 Å². The van der Waals surface area contributed by atoms with Crippen LogP contribution in [0.1, 0.15) is 49.0 Å². The first-order valence-electron chi connectivity index (χ1n) is 10.5. The second kappa shape index (κ2) is 10.1. The van der Waals surface area contributed by atoms with Gasteiger partial charge in [-0.25, -0.2) is 0 Å². The van der Waals surface area contributed by atoms with Crippen LogP contribution in [0, 0.1) is 5.92 Å². The number of nitrogens with one attached hydrogen (secondary N) is 2. The number of hydrogen-bond acceptors (Lipinski definition) is 3. The fraction of sp³-hybridized carbons (Fsp3) is 0.417. The van der Waals surface area contributed by atoms with Crippen LogP contribution in [-0.2, 0) is 11.2 Å². The maximum atomic E-state index is 13.0. The molecule has 0 spiro atoms. The van der Waals surface area contributed by atoms with Crippen LogP contribution in [-0.4, -0.2) is 31.4 Å². The van der Waals surface area contributed by atoms with E-state index in [0.717, 1.165) is 38.0 Å². The lowest BCUT2D eigenvalue weighted by atomic mass is 10.1. The van der Waals surface area contributed by atoms with Crippen molar-refractivity contribution in [3.63, 3.8) is 0 Å². The minimum atomic E-state index is -0.0946. The number of carbonyl (C=O) groups is 2. The summed E-state index contributed by atoms with van der Waals surface area (Å²) in [5.41, 5.74) is 3.44. The molecular formula is C24H31N3O2. The number of amides is 2. The number of benzene rings is 2. The van der Waals surface area contributed by atoms with Gasteiger partial charge < -0.3 is 15.5 Å². The van der Waals surface area contributed by atoms with E-state index in [-0.39, 0.29) is 11.8 Å². The van der Waals surface area contributed by atoms with Crippen LogP contribution in [0.5, 0.6) is 0 Å². The highest BCUT2D eigenvalue weighted by molar-refractivity contribution is 6.02. The van der Waals surface area contributed by atoms with Gasteiger partial charge in [0.2, 0.25) is 5.91 Å². The normalized spacial score (nSPS) is 13.6. The fourth-order valence-electron chi connectivity index (χ4n) is 3.67. The van der Waals surface area contributed by atoms with E-state index < -0.39 is 0 Å². The van der Waals surface area contributed by atoms with Crippen LogP contribution >= 0.6 is 0 Å². The maximum Gasteiger partial charge on any atom is 0.253 e. The van der Waals surface area contributed by atoms with Gasteiger partial charge >= 0.3 is 0 Å². The van der Waals surface area contributed by atoms with Crippen molar-refractivity contribution < 1.29 is 9.59 Å². The Labute approximate surface area is 173 Å². The van der Waals surface area contributed by atoms with Gasteiger partial charge in [0.15, 0.2) is 0 Å². The summed E-state index contributed by atoms with van der Waals surface area (Å²) >= 11 is 0. The first kappa shape index (κ1) is 20.9. The number of carbonyl (C=O) groups excluding carboxylic acids is 2. The Hall–Kier alpha value is -2.82. The van der Waals surface area contributed by atoms with E-state index in [9.17, 15) is 9.59 Å². The molecule has 1 aliphatic heterocycles. The van der Waals surface area contributed by atoms with Crippen LogP contribution in [0.4, 0.5) is 11.4 Å². The Morgan fingerprint density at radius 1 is 1.03 bits per heavy atom. The molecule has 0 aliphatic carbocycles. The zero-order valence-electron chi connectivity index (χ0n) is 17.4. The van der Waals surface area contributed by atoms with Crippen molar-refractivity contribution in [2.45, 2.75) is 39.5 Å². The molecular weight excluding hydrogens is 362 g/mol. The van der Waals surface area contributed by atoms with E-state index in [0.29, 0.717) is 30.1 Å². The van der Waals surface area contributed by atoms with Gasteiger partial charge in [0.05, 0.1) is 5.56 Å². The highest BCUT2D eigenvalue weighted by Crippen LogP contribution is 2.27. The molecule has 0 saturated carbocycles. The van der Waals surface area contributed by atoms with Gasteiger partial charge in [-0.2, -0.15) is 0 Å². The Morgan fingerprint density at radius 3 is 2.45 bits per heavy atom. The summed E-state index contributed by atoms with van der Waals surface area (Å²) < 4.78 is 0. The highest BCUT2D eigenvalue weighted by Gasteiger charge is 2.20. The third-order valence-corrected chi connectivity index (χ3v) is 5.11. The van der Waals surface area contributed by atoms with E-state index in [4.69, 9.17) is 0 Å². The summed E-state index contributed by atoms with van der Waals surface area (Å²) in [7, 11) is 0. The lowest BCUT2D eigenvalue weighted by Gasteiger charge is -2.22. The predicted molar refractivity (Wildman–Crippen MR) is 118 cm³/mol. The Kier molecular flexibility index (Phi) is 7.28. The Morgan fingerprint density at radius 2 is 1.76 bits per heavy atom. The number of anilines is 2. The van der Waals surface area contributed by atoms with Crippen molar-refractivity contribution in [1.29, 1.82) is 0 Å². The van der Waals surface area contributed by atoms with E-state index in [1.807, 2.05) is 50.2 Å². The number of nitrogens with zero attached hydrogens (tertiary/aromatic N) is 1. The summed E-state index contributed by atoms with van der Waals surface area (Å²) in [5.74, 6) is 0.173. The first-order valence-corrected chi connectivity index (χ1v) is 10.5. The second-order valence-electron chi connectivity index (χ2n) is 8.06. The van der Waals surface area contributed by atoms with Gasteiger partial charge in [-0.05, 0) is 48.9 Å². The van der Waals surface area contributed by atoms with Crippen LogP contribution in [0.2, 0.25) is 0 Å². The van der Waals surface area contributed by atoms with E-state index in [1.54, 1.807) is 0 Å². The minimum Gasteiger partial charge on any atom is -0.371 e. The van der Waals surface area contributed by atoms with Gasteiger partial charge in [-0.15, -0.1) is 0 Å². The topological polar surface area (TPSA) is 61.4 Å². The average molecular weight is 394 g/mol. The third kappa shape index (κ3) is 6.08. The Bertz CT molecular complexity index is 827. The predicted octanol–water partition coefficient (Wildman–Crippen LogP) is 4.24. The lowest BCUT2D eigenvalue weighted by Crippen LogP contribution is -2.29. The highest BCUT2D eigenvalue weighted by atomic mass is 16.2. The molecule has 3 rings (SSSR count). The van der Waals surface area contributed by atoms with Crippen molar-refractivity contribution in [2.24, 2.45) is 5.92 Å². The summed E-state index contributed by atoms with van der Waals surface area (Å²) in [6.45, 7) is 6.53. The van der Waals surface area contributed by atoms with Crippen molar-refractivity contribution in [3.8, 4) is 0 Å². The molecule has 1 fully saturated rings. The second-order valence-corrected chi connectivity index (χ2v) is 8.06. The Balaban J connectivity index is 1.72. The molecule has 5 nitrogen and oxygen atoms in total. The molecule has 2 aromatic carbocycles. The van der Waals surface area contributed by atoms with Gasteiger partial charge in [-0.3, -0.25) is 9.59 Å². The molecule has 0 radical (unpaired) electrons. The maximum absolute atomic E-state index is 13.0. The third-order valence-electron chi connectivity index (χ3n) is 5.11. The first-order chi connectivity index (χ1) is 14.0. The largest absolute Gasteiger partial charge is 0.371 e. The molecule has 2 aromatic rings. The fourth-order valence-corrected chi connectivity index (χ4v) is 3.67. The zero-order chi connectivity index (χ0) is 20.6. The van der Waals surface area contributed by atoms with Gasteiger partial charge in [0, 0.05) is 37.4 Å². The van der Waals surface area contributed by atoms with Crippen LogP contribution in [0.15, 0.2) is 48.5 Å².